The van der Waals surface area contributed by atoms with Gasteiger partial charge in [-0.1, -0.05) is 30.3 Å². The Balaban J connectivity index is 1.76. The molecule has 136 valence electrons. The average molecular weight is 354 g/mol. The summed E-state index contributed by atoms with van der Waals surface area (Å²) in [6, 6.07) is 14.1. The van der Waals surface area contributed by atoms with Crippen molar-refractivity contribution >= 4 is 11.9 Å². The number of likely N-dealkylation sites (N-methyl/N-ethyl adjacent to an activating group) is 1. The number of hydrogen-bond acceptors (Lipinski definition) is 4. The Kier molecular flexibility index (Phi) is 5.53. The number of carbonyl (C=O) groups is 2. The Morgan fingerprint density at radius 2 is 1.73 bits per heavy atom. The van der Waals surface area contributed by atoms with Crippen LogP contribution >= 0.6 is 0 Å². The monoisotopic (exact) mass is 354 g/mol. The number of carboxylic acids is 1. The molecule has 1 fully saturated rings. The Hall–Kier alpha value is -2.86. The van der Waals surface area contributed by atoms with E-state index in [1.165, 1.54) is 6.07 Å². The van der Waals surface area contributed by atoms with Crippen LogP contribution in [0, 0.1) is 0 Å². The van der Waals surface area contributed by atoms with E-state index in [4.69, 9.17) is 4.74 Å². The van der Waals surface area contributed by atoms with Crippen LogP contribution in [0.25, 0.3) is 0 Å². The lowest BCUT2D eigenvalue weighted by Gasteiger charge is -2.32. The number of benzene rings is 2. The van der Waals surface area contributed by atoms with Crippen molar-refractivity contribution in [2.45, 2.75) is 6.61 Å². The molecule has 0 bridgehead atoms. The highest BCUT2D eigenvalue weighted by Gasteiger charge is 2.22. The van der Waals surface area contributed by atoms with Crippen LogP contribution in [0.5, 0.6) is 5.75 Å². The van der Waals surface area contributed by atoms with Crippen LogP contribution < -0.4 is 4.74 Å². The topological polar surface area (TPSA) is 70.1 Å². The number of ether oxygens (including phenoxy) is 1. The van der Waals surface area contributed by atoms with Crippen molar-refractivity contribution in [2.75, 3.05) is 33.2 Å². The maximum atomic E-state index is 12.6. The highest BCUT2D eigenvalue weighted by atomic mass is 16.5. The summed E-state index contributed by atoms with van der Waals surface area (Å²) >= 11 is 0. The molecule has 0 unspecified atom stereocenters. The van der Waals surface area contributed by atoms with Crippen LogP contribution in [0.15, 0.2) is 48.5 Å². The minimum Gasteiger partial charge on any atom is -0.488 e. The second-order valence-electron chi connectivity index (χ2n) is 6.39. The molecule has 0 spiro atoms. The second-order valence-corrected chi connectivity index (χ2v) is 6.39. The molecule has 6 nitrogen and oxygen atoms in total. The molecule has 0 atom stereocenters. The highest BCUT2D eigenvalue weighted by Crippen LogP contribution is 2.23. The van der Waals surface area contributed by atoms with Crippen molar-refractivity contribution in [3.05, 3.63) is 65.2 Å². The van der Waals surface area contributed by atoms with E-state index < -0.39 is 5.97 Å². The molecule has 2 aromatic carbocycles. The quantitative estimate of drug-likeness (QED) is 0.893. The predicted molar refractivity (Wildman–Crippen MR) is 97.6 cm³/mol. The van der Waals surface area contributed by atoms with Gasteiger partial charge in [-0.25, -0.2) is 4.79 Å². The summed E-state index contributed by atoms with van der Waals surface area (Å²) in [4.78, 5) is 28.2. The van der Waals surface area contributed by atoms with Crippen LogP contribution in [0.4, 0.5) is 0 Å². The minimum atomic E-state index is -1.11. The van der Waals surface area contributed by atoms with E-state index in [1.54, 1.807) is 17.0 Å². The third-order valence-corrected chi connectivity index (χ3v) is 4.48. The normalized spacial score (nSPS) is 14.9. The number of hydrogen-bond donors (Lipinski definition) is 1. The van der Waals surface area contributed by atoms with Gasteiger partial charge in [0.2, 0.25) is 0 Å². The molecule has 0 radical (unpaired) electrons. The average Bonchev–Trinajstić information content (AvgIpc) is 2.67. The fraction of sp³-hybridized carbons (Fsp3) is 0.300. The fourth-order valence-corrected chi connectivity index (χ4v) is 2.88. The summed E-state index contributed by atoms with van der Waals surface area (Å²) < 4.78 is 5.67. The molecule has 0 aromatic heterocycles. The molecule has 1 heterocycles. The Morgan fingerprint density at radius 3 is 2.38 bits per heavy atom. The fourth-order valence-electron chi connectivity index (χ4n) is 2.88. The third kappa shape index (κ3) is 4.21. The van der Waals surface area contributed by atoms with Gasteiger partial charge >= 0.3 is 5.97 Å². The van der Waals surface area contributed by atoms with Gasteiger partial charge in [-0.2, -0.15) is 0 Å². The number of rotatable bonds is 5. The Morgan fingerprint density at radius 1 is 1.04 bits per heavy atom. The molecule has 0 saturated carbocycles. The van der Waals surface area contributed by atoms with Crippen molar-refractivity contribution in [3.63, 3.8) is 0 Å². The largest absolute Gasteiger partial charge is 0.488 e. The molecule has 2 aromatic rings. The zero-order chi connectivity index (χ0) is 18.5. The minimum absolute atomic E-state index is 0.000841. The third-order valence-electron chi connectivity index (χ3n) is 4.48. The van der Waals surface area contributed by atoms with Gasteiger partial charge in [0.15, 0.2) is 0 Å². The van der Waals surface area contributed by atoms with Crippen LogP contribution in [0.2, 0.25) is 0 Å². The van der Waals surface area contributed by atoms with E-state index in [1.807, 2.05) is 37.4 Å². The number of amides is 1. The smallest absolute Gasteiger partial charge is 0.339 e. The van der Waals surface area contributed by atoms with Gasteiger partial charge < -0.3 is 19.6 Å². The lowest BCUT2D eigenvalue weighted by Crippen LogP contribution is -2.47. The summed E-state index contributed by atoms with van der Waals surface area (Å²) in [5.41, 5.74) is 1.32. The van der Waals surface area contributed by atoms with Crippen LogP contribution in [-0.2, 0) is 6.61 Å². The lowest BCUT2D eigenvalue weighted by molar-refractivity contribution is 0.0664. The first-order chi connectivity index (χ1) is 12.5. The molecule has 6 heteroatoms. The van der Waals surface area contributed by atoms with Gasteiger partial charge in [0.05, 0.1) is 0 Å². The number of carbonyl (C=O) groups excluding carboxylic acids is 1. The predicted octanol–water partition coefficient (Wildman–Crippen LogP) is 2.35. The SMILES string of the molecule is CN1CCN(C(=O)c2ccc(OCc3ccccc3)c(C(=O)O)c2)CC1. The highest BCUT2D eigenvalue weighted by molar-refractivity contribution is 5.99. The molecular weight excluding hydrogens is 332 g/mol. The Bertz CT molecular complexity index is 784. The van der Waals surface area contributed by atoms with Gasteiger partial charge in [0.25, 0.3) is 5.91 Å². The zero-order valence-corrected chi connectivity index (χ0v) is 14.7. The van der Waals surface area contributed by atoms with E-state index in [0.717, 1.165) is 18.7 Å². The van der Waals surface area contributed by atoms with Gasteiger partial charge in [-0.05, 0) is 30.8 Å². The van der Waals surface area contributed by atoms with E-state index in [-0.39, 0.29) is 23.8 Å². The summed E-state index contributed by atoms with van der Waals surface area (Å²) in [5, 5.41) is 9.50. The first-order valence-corrected chi connectivity index (χ1v) is 8.56. The summed E-state index contributed by atoms with van der Waals surface area (Å²) in [6.07, 6.45) is 0. The van der Waals surface area contributed by atoms with Crippen molar-refractivity contribution in [2.24, 2.45) is 0 Å². The molecule has 1 N–H and O–H groups in total. The molecule has 0 aliphatic carbocycles. The standard InChI is InChI=1S/C20H22N2O4/c1-21-9-11-22(12-10-21)19(23)16-7-8-18(17(13-16)20(24)25)26-14-15-5-3-2-4-6-15/h2-8,13H,9-12,14H2,1H3,(H,24,25). The molecule has 1 aliphatic heterocycles. The van der Waals surface area contributed by atoms with Crippen molar-refractivity contribution in [1.82, 2.24) is 9.80 Å². The summed E-state index contributed by atoms with van der Waals surface area (Å²) in [7, 11) is 2.02. The van der Waals surface area contributed by atoms with Crippen molar-refractivity contribution < 1.29 is 19.4 Å². The van der Waals surface area contributed by atoms with E-state index in [9.17, 15) is 14.7 Å². The molecule has 1 amide bonds. The maximum absolute atomic E-state index is 12.6. The van der Waals surface area contributed by atoms with Crippen molar-refractivity contribution in [1.29, 1.82) is 0 Å². The van der Waals surface area contributed by atoms with Crippen LogP contribution in [-0.4, -0.2) is 60.0 Å². The summed E-state index contributed by atoms with van der Waals surface area (Å²) in [5.74, 6) is -0.993. The van der Waals surface area contributed by atoms with Crippen LogP contribution in [0.3, 0.4) is 0 Å². The molecule has 1 aliphatic rings. The number of carboxylic acid groups (broad SMARTS) is 1. The molecular formula is C20H22N2O4. The van der Waals surface area contributed by atoms with E-state index in [2.05, 4.69) is 4.90 Å². The lowest BCUT2D eigenvalue weighted by atomic mass is 10.1. The number of piperazine rings is 1. The van der Waals surface area contributed by atoms with Gasteiger partial charge in [0.1, 0.15) is 17.9 Å². The zero-order valence-electron chi connectivity index (χ0n) is 14.7. The molecule has 26 heavy (non-hydrogen) atoms. The number of aromatic carboxylic acids is 1. The first kappa shape index (κ1) is 17.9. The van der Waals surface area contributed by atoms with Gasteiger partial charge in [-0.15, -0.1) is 0 Å². The van der Waals surface area contributed by atoms with Crippen molar-refractivity contribution in [3.8, 4) is 5.75 Å². The summed E-state index contributed by atoms with van der Waals surface area (Å²) in [6.45, 7) is 3.19. The first-order valence-electron chi connectivity index (χ1n) is 8.56. The number of nitrogens with zero attached hydrogens (tertiary/aromatic N) is 2. The van der Waals surface area contributed by atoms with Crippen LogP contribution in [0.1, 0.15) is 26.3 Å². The van der Waals surface area contributed by atoms with E-state index in [0.29, 0.717) is 18.7 Å². The Labute approximate surface area is 152 Å². The molecule has 3 rings (SSSR count). The molecule has 1 saturated heterocycles. The van der Waals surface area contributed by atoms with E-state index >= 15 is 0 Å². The van der Waals surface area contributed by atoms with Gasteiger partial charge in [-0.3, -0.25) is 4.79 Å². The van der Waals surface area contributed by atoms with Gasteiger partial charge in [0, 0.05) is 31.7 Å². The maximum Gasteiger partial charge on any atom is 0.339 e. The second kappa shape index (κ2) is 8.01.